The van der Waals surface area contributed by atoms with Crippen LogP contribution in [0, 0.1) is 5.92 Å². The largest absolute Gasteiger partial charge is 0.390 e. The monoisotopic (exact) mass is 240 g/mol. The van der Waals surface area contributed by atoms with E-state index in [1.165, 1.54) is 12.8 Å². The van der Waals surface area contributed by atoms with Crippen LogP contribution in [0.4, 0.5) is 0 Å². The number of hydrogen-bond donors (Lipinski definition) is 1. The Balaban J connectivity index is 1.70. The average Bonchev–Trinajstić information content (AvgIpc) is 2.79. The second-order valence-corrected chi connectivity index (χ2v) is 6.14. The van der Waals surface area contributed by atoms with Crippen LogP contribution >= 0.6 is 0 Å². The standard InChI is InChI=1S/C14H24O3/c15-14(4-1-2-5-14)12-3-8-17-13(11-12)6-9-16-10-7-13/h12,15H,1-11H2. The van der Waals surface area contributed by atoms with E-state index in [1.54, 1.807) is 0 Å². The van der Waals surface area contributed by atoms with Gasteiger partial charge in [-0.3, -0.25) is 0 Å². The second-order valence-electron chi connectivity index (χ2n) is 6.14. The number of rotatable bonds is 1. The van der Waals surface area contributed by atoms with Gasteiger partial charge in [0, 0.05) is 19.8 Å². The predicted molar refractivity (Wildman–Crippen MR) is 64.9 cm³/mol. The summed E-state index contributed by atoms with van der Waals surface area (Å²) in [6, 6.07) is 0. The zero-order valence-electron chi connectivity index (χ0n) is 10.6. The molecule has 1 spiro atoms. The van der Waals surface area contributed by atoms with Crippen LogP contribution in [0.2, 0.25) is 0 Å². The molecule has 98 valence electrons. The Morgan fingerprint density at radius 1 is 0.941 bits per heavy atom. The van der Waals surface area contributed by atoms with Crippen LogP contribution < -0.4 is 0 Å². The summed E-state index contributed by atoms with van der Waals surface area (Å²) in [5.41, 5.74) is -0.353. The van der Waals surface area contributed by atoms with Gasteiger partial charge in [0.2, 0.25) is 0 Å². The summed E-state index contributed by atoms with van der Waals surface area (Å²) in [6.07, 6.45) is 8.52. The molecular weight excluding hydrogens is 216 g/mol. The first-order valence-electron chi connectivity index (χ1n) is 7.17. The summed E-state index contributed by atoms with van der Waals surface area (Å²) >= 11 is 0. The van der Waals surface area contributed by atoms with Crippen molar-refractivity contribution in [1.82, 2.24) is 0 Å². The molecule has 0 aromatic carbocycles. The van der Waals surface area contributed by atoms with E-state index in [4.69, 9.17) is 9.47 Å². The average molecular weight is 240 g/mol. The third-order valence-electron chi connectivity index (χ3n) is 5.13. The molecule has 2 aliphatic heterocycles. The highest BCUT2D eigenvalue weighted by atomic mass is 16.5. The van der Waals surface area contributed by atoms with Crippen LogP contribution in [0.25, 0.3) is 0 Å². The molecule has 0 radical (unpaired) electrons. The minimum Gasteiger partial charge on any atom is -0.390 e. The lowest BCUT2D eigenvalue weighted by atomic mass is 9.72. The minimum absolute atomic E-state index is 0.0273. The van der Waals surface area contributed by atoms with Crippen molar-refractivity contribution >= 4 is 0 Å². The lowest BCUT2D eigenvalue weighted by Gasteiger charge is -2.47. The molecule has 3 nitrogen and oxygen atoms in total. The van der Waals surface area contributed by atoms with Crippen LogP contribution in [-0.2, 0) is 9.47 Å². The maximum Gasteiger partial charge on any atom is 0.0730 e. The van der Waals surface area contributed by atoms with Crippen molar-refractivity contribution in [1.29, 1.82) is 0 Å². The molecule has 3 rings (SSSR count). The quantitative estimate of drug-likeness (QED) is 0.764. The highest BCUT2D eigenvalue weighted by Gasteiger charge is 2.47. The molecule has 3 fully saturated rings. The molecule has 3 aliphatic rings. The van der Waals surface area contributed by atoms with E-state index in [0.717, 1.165) is 58.3 Å². The summed E-state index contributed by atoms with van der Waals surface area (Å²) < 4.78 is 11.5. The third kappa shape index (κ3) is 2.25. The minimum atomic E-state index is -0.380. The van der Waals surface area contributed by atoms with Crippen LogP contribution in [0.5, 0.6) is 0 Å². The maximum absolute atomic E-state index is 10.7. The van der Waals surface area contributed by atoms with Gasteiger partial charge in [-0.15, -0.1) is 0 Å². The third-order valence-corrected chi connectivity index (χ3v) is 5.13. The zero-order chi connectivity index (χ0) is 11.8. The van der Waals surface area contributed by atoms with Crippen molar-refractivity contribution in [2.75, 3.05) is 19.8 Å². The smallest absolute Gasteiger partial charge is 0.0730 e. The Morgan fingerprint density at radius 2 is 1.65 bits per heavy atom. The summed E-state index contributed by atoms with van der Waals surface area (Å²) in [7, 11) is 0. The van der Waals surface area contributed by atoms with Crippen LogP contribution in [0.15, 0.2) is 0 Å². The van der Waals surface area contributed by atoms with Gasteiger partial charge in [-0.2, -0.15) is 0 Å². The van der Waals surface area contributed by atoms with E-state index >= 15 is 0 Å². The molecule has 1 aliphatic carbocycles. The molecule has 0 aromatic rings. The number of ether oxygens (including phenoxy) is 2. The van der Waals surface area contributed by atoms with E-state index < -0.39 is 0 Å². The molecule has 0 amide bonds. The molecule has 0 aromatic heterocycles. The fourth-order valence-corrected chi connectivity index (χ4v) is 3.97. The molecule has 1 unspecified atom stereocenters. The fourth-order valence-electron chi connectivity index (χ4n) is 3.97. The Bertz CT molecular complexity index is 259. The Hall–Kier alpha value is -0.120. The molecule has 2 saturated heterocycles. The molecule has 1 saturated carbocycles. The predicted octanol–water partition coefficient (Wildman–Crippen LogP) is 2.27. The Labute approximate surface area is 103 Å². The summed E-state index contributed by atoms with van der Waals surface area (Å²) in [6.45, 7) is 2.48. The molecule has 0 bridgehead atoms. The van der Waals surface area contributed by atoms with Crippen molar-refractivity contribution < 1.29 is 14.6 Å². The molecular formula is C14H24O3. The normalized spacial score (nSPS) is 36.2. The van der Waals surface area contributed by atoms with Crippen molar-refractivity contribution in [3.63, 3.8) is 0 Å². The van der Waals surface area contributed by atoms with Gasteiger partial charge in [0.1, 0.15) is 0 Å². The Kier molecular flexibility index (Phi) is 3.18. The van der Waals surface area contributed by atoms with Crippen LogP contribution in [0.3, 0.4) is 0 Å². The summed E-state index contributed by atoms with van der Waals surface area (Å²) in [5.74, 6) is 0.455. The topological polar surface area (TPSA) is 38.7 Å². The molecule has 3 heteroatoms. The number of hydrogen-bond acceptors (Lipinski definition) is 3. The molecule has 17 heavy (non-hydrogen) atoms. The molecule has 2 heterocycles. The van der Waals surface area contributed by atoms with Gasteiger partial charge in [-0.1, -0.05) is 12.8 Å². The van der Waals surface area contributed by atoms with E-state index in [2.05, 4.69) is 0 Å². The first-order valence-corrected chi connectivity index (χ1v) is 7.17. The zero-order valence-corrected chi connectivity index (χ0v) is 10.6. The van der Waals surface area contributed by atoms with Crippen molar-refractivity contribution in [2.45, 2.75) is 62.6 Å². The fraction of sp³-hybridized carbons (Fsp3) is 1.00. The van der Waals surface area contributed by atoms with Gasteiger partial charge in [-0.05, 0) is 44.4 Å². The van der Waals surface area contributed by atoms with Crippen LogP contribution in [-0.4, -0.2) is 36.1 Å². The van der Waals surface area contributed by atoms with Gasteiger partial charge in [-0.25, -0.2) is 0 Å². The first kappa shape index (κ1) is 11.9. The summed E-state index contributed by atoms with van der Waals surface area (Å²) in [5, 5.41) is 10.7. The molecule has 1 atom stereocenters. The highest BCUT2D eigenvalue weighted by Crippen LogP contribution is 2.46. The highest BCUT2D eigenvalue weighted by molar-refractivity contribution is 4.98. The van der Waals surface area contributed by atoms with Gasteiger partial charge >= 0.3 is 0 Å². The first-order chi connectivity index (χ1) is 8.23. The number of aliphatic hydroxyl groups is 1. The van der Waals surface area contributed by atoms with Crippen molar-refractivity contribution in [3.8, 4) is 0 Å². The van der Waals surface area contributed by atoms with E-state index in [0.29, 0.717) is 5.92 Å². The summed E-state index contributed by atoms with van der Waals surface area (Å²) in [4.78, 5) is 0. The SMILES string of the molecule is OC1(C2CCOC3(CCOCC3)C2)CCCC1. The van der Waals surface area contributed by atoms with Crippen LogP contribution in [0.1, 0.15) is 51.4 Å². The van der Waals surface area contributed by atoms with Gasteiger partial charge in [0.05, 0.1) is 11.2 Å². The lowest BCUT2D eigenvalue weighted by molar-refractivity contribution is -0.174. The maximum atomic E-state index is 10.7. The molecule has 1 N–H and O–H groups in total. The van der Waals surface area contributed by atoms with Gasteiger partial charge < -0.3 is 14.6 Å². The van der Waals surface area contributed by atoms with Crippen molar-refractivity contribution in [3.05, 3.63) is 0 Å². The van der Waals surface area contributed by atoms with Gasteiger partial charge in [0.25, 0.3) is 0 Å². The Morgan fingerprint density at radius 3 is 2.35 bits per heavy atom. The lowest BCUT2D eigenvalue weighted by Crippen LogP contribution is -2.49. The van der Waals surface area contributed by atoms with Crippen molar-refractivity contribution in [2.24, 2.45) is 5.92 Å². The van der Waals surface area contributed by atoms with Gasteiger partial charge in [0.15, 0.2) is 0 Å². The van der Waals surface area contributed by atoms with E-state index in [9.17, 15) is 5.11 Å². The second kappa shape index (κ2) is 4.52. The van der Waals surface area contributed by atoms with E-state index in [-0.39, 0.29) is 11.2 Å². The van der Waals surface area contributed by atoms with E-state index in [1.807, 2.05) is 0 Å².